The fourth-order valence-electron chi connectivity index (χ4n) is 4.61. The van der Waals surface area contributed by atoms with Crippen molar-refractivity contribution < 1.29 is 35.2 Å². The van der Waals surface area contributed by atoms with Gasteiger partial charge in [0.2, 0.25) is 12.1 Å². The van der Waals surface area contributed by atoms with Gasteiger partial charge >= 0.3 is 16.4 Å². The number of nitriles is 1. The normalized spacial score (nSPS) is 19.4. The van der Waals surface area contributed by atoms with Crippen molar-refractivity contribution in [1.29, 1.82) is 5.26 Å². The van der Waals surface area contributed by atoms with Crippen LogP contribution in [-0.4, -0.2) is 55.1 Å². The molecule has 2 atom stereocenters. The Kier molecular flexibility index (Phi) is 7.75. The van der Waals surface area contributed by atoms with Gasteiger partial charge in [0, 0.05) is 25.7 Å². The number of pyridine rings is 1. The van der Waals surface area contributed by atoms with Crippen molar-refractivity contribution in [3.05, 3.63) is 65.5 Å². The molecule has 2 aromatic rings. The summed E-state index contributed by atoms with van der Waals surface area (Å²) in [5.74, 6) is -1.30. The smallest absolute Gasteiger partial charge is 0.348 e. The van der Waals surface area contributed by atoms with E-state index in [0.717, 1.165) is 20.4 Å². The molecule has 1 aromatic heterocycles. The molecule has 0 spiro atoms. The Labute approximate surface area is 218 Å². The second-order valence-electron chi connectivity index (χ2n) is 9.32. The second kappa shape index (κ2) is 10.7. The van der Waals surface area contributed by atoms with Crippen LogP contribution in [0.2, 0.25) is 0 Å². The fraction of sp³-hybridized carbons (Fsp3) is 0.440. The molecule has 202 valence electrons. The number of carbonyl (C=O) groups excluding carboxylic acids is 2. The summed E-state index contributed by atoms with van der Waals surface area (Å²) in [5, 5.41) is 11.8. The van der Waals surface area contributed by atoms with Gasteiger partial charge in [0.05, 0.1) is 23.6 Å². The van der Waals surface area contributed by atoms with Crippen LogP contribution in [0.3, 0.4) is 0 Å². The van der Waals surface area contributed by atoms with Crippen molar-refractivity contribution in [2.24, 2.45) is 5.92 Å². The van der Waals surface area contributed by atoms with Crippen LogP contribution < -0.4 is 9.29 Å². The highest BCUT2D eigenvalue weighted by Crippen LogP contribution is 2.30. The third-order valence-electron chi connectivity index (χ3n) is 6.83. The van der Waals surface area contributed by atoms with Crippen LogP contribution in [0.15, 0.2) is 48.8 Å². The van der Waals surface area contributed by atoms with Gasteiger partial charge in [-0.1, -0.05) is 23.0 Å². The molecular formula is C25H27F3N5O4S+. The Morgan fingerprint density at radius 1 is 1.21 bits per heavy atom. The first kappa shape index (κ1) is 27.5. The molecule has 9 nitrogen and oxygen atoms in total. The van der Waals surface area contributed by atoms with E-state index in [1.807, 2.05) is 6.07 Å². The molecule has 3 heterocycles. The number of benzene rings is 1. The number of halogens is 3. The van der Waals surface area contributed by atoms with E-state index in [9.17, 15) is 31.2 Å². The van der Waals surface area contributed by atoms with E-state index in [0.29, 0.717) is 31.4 Å². The van der Waals surface area contributed by atoms with Gasteiger partial charge in [-0.25, -0.2) is 0 Å². The Bertz CT molecular complexity index is 1350. The van der Waals surface area contributed by atoms with Crippen molar-refractivity contribution in [3.8, 4) is 6.07 Å². The van der Waals surface area contributed by atoms with Crippen LogP contribution in [0.25, 0.3) is 0 Å². The summed E-state index contributed by atoms with van der Waals surface area (Å²) in [6.07, 6.45) is -0.572. The SMILES string of the molecule is CC[C@H](NC(=O)[C@H]1CCCN1C(=O)c1ccc[n+](S(=O)(=O)N2CC(C#N)C2)c1)c1ccc(C(F)(F)F)cc1. The maximum absolute atomic E-state index is 13.3. The minimum absolute atomic E-state index is 0.0793. The lowest BCUT2D eigenvalue weighted by Crippen LogP contribution is -2.60. The predicted octanol–water partition coefficient (Wildman–Crippen LogP) is 2.41. The van der Waals surface area contributed by atoms with Gasteiger partial charge in [-0.3, -0.25) is 9.59 Å². The lowest BCUT2D eigenvalue weighted by atomic mass is 10.0. The number of nitrogens with one attached hydrogen (secondary N) is 1. The van der Waals surface area contributed by atoms with Gasteiger partial charge < -0.3 is 10.2 Å². The zero-order chi connectivity index (χ0) is 27.7. The molecular weight excluding hydrogens is 523 g/mol. The molecule has 38 heavy (non-hydrogen) atoms. The summed E-state index contributed by atoms with van der Waals surface area (Å²) >= 11 is 0. The van der Waals surface area contributed by atoms with Crippen molar-refractivity contribution >= 4 is 22.0 Å². The van der Waals surface area contributed by atoms with Crippen LogP contribution >= 0.6 is 0 Å². The van der Waals surface area contributed by atoms with Gasteiger partial charge in [-0.15, -0.1) is 12.7 Å². The largest absolute Gasteiger partial charge is 0.447 e. The van der Waals surface area contributed by atoms with Crippen molar-refractivity contribution in [2.75, 3.05) is 19.6 Å². The average Bonchev–Trinajstić information content (AvgIpc) is 3.36. The summed E-state index contributed by atoms with van der Waals surface area (Å²) in [5.41, 5.74) is -0.178. The first-order valence-corrected chi connectivity index (χ1v) is 13.6. The van der Waals surface area contributed by atoms with Gasteiger partial charge in [0.15, 0.2) is 6.20 Å². The molecule has 2 saturated heterocycles. The fourth-order valence-corrected chi connectivity index (χ4v) is 6.08. The van der Waals surface area contributed by atoms with E-state index < -0.39 is 45.8 Å². The van der Waals surface area contributed by atoms with Gasteiger partial charge in [0.25, 0.3) is 5.91 Å². The lowest BCUT2D eigenvalue weighted by Gasteiger charge is -2.30. The molecule has 2 amide bonds. The molecule has 2 fully saturated rings. The van der Waals surface area contributed by atoms with E-state index in [-0.39, 0.29) is 24.6 Å². The zero-order valence-corrected chi connectivity index (χ0v) is 21.4. The third-order valence-corrected chi connectivity index (χ3v) is 8.54. The average molecular weight is 551 g/mol. The summed E-state index contributed by atoms with van der Waals surface area (Å²) < 4.78 is 66.5. The van der Waals surface area contributed by atoms with E-state index in [2.05, 4.69) is 5.32 Å². The van der Waals surface area contributed by atoms with Gasteiger partial charge in [0.1, 0.15) is 11.6 Å². The number of nitrogens with zero attached hydrogens (tertiary/aromatic N) is 4. The Morgan fingerprint density at radius 2 is 1.89 bits per heavy atom. The van der Waals surface area contributed by atoms with Crippen LogP contribution in [0.4, 0.5) is 13.2 Å². The van der Waals surface area contributed by atoms with Crippen LogP contribution in [0.1, 0.15) is 53.7 Å². The molecule has 0 radical (unpaired) electrons. The van der Waals surface area contributed by atoms with Gasteiger partial charge in [-0.05, 0) is 43.0 Å². The molecule has 0 bridgehead atoms. The molecule has 2 aliphatic rings. The predicted molar refractivity (Wildman–Crippen MR) is 128 cm³/mol. The Balaban J connectivity index is 1.47. The first-order chi connectivity index (χ1) is 18.0. The topological polar surface area (TPSA) is 114 Å². The van der Waals surface area contributed by atoms with E-state index >= 15 is 0 Å². The highest BCUT2D eigenvalue weighted by molar-refractivity contribution is 7.82. The standard InChI is InChI=1S/C25H26F3N5O4S/c1-2-21(18-7-9-20(10-8-18)25(26,27)28)30-23(34)22-6-4-12-33(22)24(35)19-5-3-11-31(16-19)38(36,37)32-14-17(13-29)15-32/h3,5,7-11,16-17,21-22H,2,4,6,12,14-15H2,1H3/p+1/t21-,22+/m0/s1. The highest BCUT2D eigenvalue weighted by atomic mass is 32.2. The molecule has 0 saturated carbocycles. The Morgan fingerprint density at radius 3 is 2.50 bits per heavy atom. The molecule has 1 aromatic carbocycles. The summed E-state index contributed by atoms with van der Waals surface area (Å²) in [6, 6.07) is 8.15. The van der Waals surface area contributed by atoms with Crippen LogP contribution in [0, 0.1) is 17.2 Å². The number of likely N-dealkylation sites (tertiary alicyclic amines) is 1. The van der Waals surface area contributed by atoms with Crippen LogP contribution in [-0.2, 0) is 21.2 Å². The number of hydrogen-bond acceptors (Lipinski definition) is 5. The molecule has 4 rings (SSSR count). The minimum Gasteiger partial charge on any atom is -0.348 e. The van der Waals surface area contributed by atoms with Crippen molar-refractivity contribution in [3.63, 3.8) is 0 Å². The van der Waals surface area contributed by atoms with Gasteiger partial charge in [-0.2, -0.15) is 18.4 Å². The number of carbonyl (C=O) groups is 2. The number of hydrogen-bond donors (Lipinski definition) is 1. The van der Waals surface area contributed by atoms with Crippen molar-refractivity contribution in [2.45, 2.75) is 44.4 Å². The minimum atomic E-state index is -4.46. The van der Waals surface area contributed by atoms with E-state index in [1.54, 1.807) is 6.92 Å². The maximum Gasteiger partial charge on any atom is 0.447 e. The summed E-state index contributed by atoms with van der Waals surface area (Å²) in [6.45, 7) is 2.25. The summed E-state index contributed by atoms with van der Waals surface area (Å²) in [7, 11) is -3.94. The molecule has 1 N–H and O–H groups in total. The maximum atomic E-state index is 13.3. The third kappa shape index (κ3) is 5.51. The number of rotatable bonds is 7. The summed E-state index contributed by atoms with van der Waals surface area (Å²) in [4.78, 5) is 27.9. The van der Waals surface area contributed by atoms with E-state index in [4.69, 9.17) is 5.26 Å². The van der Waals surface area contributed by atoms with E-state index in [1.165, 1.54) is 41.6 Å². The quantitative estimate of drug-likeness (QED) is 0.532. The van der Waals surface area contributed by atoms with Crippen molar-refractivity contribution in [1.82, 2.24) is 14.5 Å². The molecule has 13 heteroatoms. The number of amides is 2. The molecule has 0 unspecified atom stereocenters. The second-order valence-corrected chi connectivity index (χ2v) is 11.2. The monoisotopic (exact) mass is 550 g/mol. The van der Waals surface area contributed by atoms with Crippen LogP contribution in [0.5, 0.6) is 0 Å². The highest BCUT2D eigenvalue weighted by Gasteiger charge is 2.42. The molecule has 2 aliphatic heterocycles. The number of alkyl halides is 3. The lowest BCUT2D eigenvalue weighted by molar-refractivity contribution is -0.517. The Hall–Kier alpha value is -3.50. The first-order valence-electron chi connectivity index (χ1n) is 12.2. The molecule has 0 aliphatic carbocycles. The zero-order valence-electron chi connectivity index (χ0n) is 20.6. The number of aromatic nitrogens is 1.